The van der Waals surface area contributed by atoms with Gasteiger partial charge < -0.3 is 15.8 Å². The van der Waals surface area contributed by atoms with Gasteiger partial charge in [-0.15, -0.1) is 11.3 Å². The Kier molecular flexibility index (Phi) is 3.95. The SMILES string of the molecule is COc1ccccc1Nc1nc(CCN)cs1. The molecule has 5 heteroatoms. The van der Waals surface area contributed by atoms with E-state index in [9.17, 15) is 0 Å². The quantitative estimate of drug-likeness (QED) is 0.854. The van der Waals surface area contributed by atoms with Crippen LogP contribution < -0.4 is 15.8 Å². The molecule has 90 valence electrons. The molecule has 0 fully saturated rings. The number of hydrogen-bond donors (Lipinski definition) is 2. The highest BCUT2D eigenvalue weighted by molar-refractivity contribution is 7.13. The fourth-order valence-electron chi connectivity index (χ4n) is 1.49. The summed E-state index contributed by atoms with van der Waals surface area (Å²) in [6.07, 6.45) is 0.810. The van der Waals surface area contributed by atoms with Crippen molar-refractivity contribution < 1.29 is 4.74 Å². The van der Waals surface area contributed by atoms with Crippen molar-refractivity contribution in [1.82, 2.24) is 4.98 Å². The van der Waals surface area contributed by atoms with Crippen LogP contribution in [0, 0.1) is 0 Å². The summed E-state index contributed by atoms with van der Waals surface area (Å²) in [4.78, 5) is 4.44. The molecule has 2 aromatic rings. The second-order valence-electron chi connectivity index (χ2n) is 3.51. The summed E-state index contributed by atoms with van der Waals surface area (Å²) in [6.45, 7) is 0.623. The predicted molar refractivity (Wildman–Crippen MR) is 71.1 cm³/mol. The molecule has 17 heavy (non-hydrogen) atoms. The van der Waals surface area contributed by atoms with Crippen LogP contribution in [-0.4, -0.2) is 18.6 Å². The minimum Gasteiger partial charge on any atom is -0.495 e. The van der Waals surface area contributed by atoms with Gasteiger partial charge in [0.1, 0.15) is 5.75 Å². The molecule has 0 unspecified atom stereocenters. The van der Waals surface area contributed by atoms with Gasteiger partial charge in [-0.2, -0.15) is 0 Å². The summed E-state index contributed by atoms with van der Waals surface area (Å²) >= 11 is 1.57. The third-order valence-electron chi connectivity index (χ3n) is 2.30. The first kappa shape index (κ1) is 11.9. The van der Waals surface area contributed by atoms with Crippen LogP contribution in [0.2, 0.25) is 0 Å². The van der Waals surface area contributed by atoms with E-state index in [0.717, 1.165) is 28.7 Å². The molecule has 0 aliphatic carbocycles. The van der Waals surface area contributed by atoms with Crippen LogP contribution in [0.5, 0.6) is 5.75 Å². The molecule has 0 atom stereocenters. The fraction of sp³-hybridized carbons (Fsp3) is 0.250. The molecule has 0 aliphatic rings. The molecule has 1 aromatic carbocycles. The van der Waals surface area contributed by atoms with Gasteiger partial charge in [0, 0.05) is 11.8 Å². The summed E-state index contributed by atoms with van der Waals surface area (Å²) in [7, 11) is 1.65. The van der Waals surface area contributed by atoms with Gasteiger partial charge in [0.2, 0.25) is 0 Å². The highest BCUT2D eigenvalue weighted by Crippen LogP contribution is 2.28. The lowest BCUT2D eigenvalue weighted by molar-refractivity contribution is 0.417. The number of thiazole rings is 1. The zero-order valence-electron chi connectivity index (χ0n) is 9.64. The molecule has 0 radical (unpaired) electrons. The zero-order chi connectivity index (χ0) is 12.1. The molecule has 0 saturated carbocycles. The summed E-state index contributed by atoms with van der Waals surface area (Å²) in [6, 6.07) is 7.77. The highest BCUT2D eigenvalue weighted by atomic mass is 32.1. The van der Waals surface area contributed by atoms with Crippen molar-refractivity contribution in [3.8, 4) is 5.75 Å². The van der Waals surface area contributed by atoms with E-state index in [1.54, 1.807) is 18.4 Å². The van der Waals surface area contributed by atoms with Gasteiger partial charge in [0.05, 0.1) is 18.5 Å². The third-order valence-corrected chi connectivity index (χ3v) is 3.11. The summed E-state index contributed by atoms with van der Waals surface area (Å²) in [5.41, 5.74) is 7.44. The Morgan fingerprint density at radius 2 is 2.24 bits per heavy atom. The summed E-state index contributed by atoms with van der Waals surface area (Å²) < 4.78 is 5.27. The van der Waals surface area contributed by atoms with E-state index in [2.05, 4.69) is 10.3 Å². The Morgan fingerprint density at radius 3 is 3.00 bits per heavy atom. The number of nitrogens with zero attached hydrogens (tertiary/aromatic N) is 1. The number of benzene rings is 1. The van der Waals surface area contributed by atoms with Crippen molar-refractivity contribution >= 4 is 22.2 Å². The number of para-hydroxylation sites is 2. The van der Waals surface area contributed by atoms with Gasteiger partial charge in [-0.05, 0) is 18.7 Å². The van der Waals surface area contributed by atoms with Crippen LogP contribution >= 0.6 is 11.3 Å². The Morgan fingerprint density at radius 1 is 1.41 bits per heavy atom. The minimum absolute atomic E-state index is 0.623. The normalized spacial score (nSPS) is 10.2. The Labute approximate surface area is 104 Å². The standard InChI is InChI=1S/C12H15N3OS/c1-16-11-5-3-2-4-10(11)15-12-14-9(6-7-13)8-17-12/h2-5,8H,6-7,13H2,1H3,(H,14,15). The van der Waals surface area contributed by atoms with Crippen LogP contribution in [0.1, 0.15) is 5.69 Å². The lowest BCUT2D eigenvalue weighted by Crippen LogP contribution is -2.03. The second kappa shape index (κ2) is 5.65. The second-order valence-corrected chi connectivity index (χ2v) is 4.37. The third kappa shape index (κ3) is 2.95. The molecule has 0 bridgehead atoms. The number of nitrogens with one attached hydrogen (secondary N) is 1. The van der Waals surface area contributed by atoms with Gasteiger partial charge in [-0.25, -0.2) is 4.98 Å². The van der Waals surface area contributed by atoms with Crippen LogP contribution in [0.15, 0.2) is 29.6 Å². The number of ether oxygens (including phenoxy) is 1. The maximum absolute atomic E-state index is 5.49. The van der Waals surface area contributed by atoms with Crippen molar-refractivity contribution in [3.63, 3.8) is 0 Å². The van der Waals surface area contributed by atoms with Gasteiger partial charge in [-0.1, -0.05) is 12.1 Å². The molecule has 0 aliphatic heterocycles. The summed E-state index contributed by atoms with van der Waals surface area (Å²) in [5, 5.41) is 6.12. The number of methoxy groups -OCH3 is 1. The van der Waals surface area contributed by atoms with E-state index in [0.29, 0.717) is 6.54 Å². The molecule has 3 N–H and O–H groups in total. The average Bonchev–Trinajstić information content (AvgIpc) is 2.78. The number of nitrogens with two attached hydrogens (primary N) is 1. The Bertz CT molecular complexity index is 484. The van der Waals surface area contributed by atoms with Gasteiger partial charge >= 0.3 is 0 Å². The van der Waals surface area contributed by atoms with Crippen LogP contribution in [0.3, 0.4) is 0 Å². The van der Waals surface area contributed by atoms with E-state index < -0.39 is 0 Å². The first-order valence-corrected chi connectivity index (χ1v) is 6.26. The average molecular weight is 249 g/mol. The van der Waals surface area contributed by atoms with Crippen molar-refractivity contribution in [3.05, 3.63) is 35.3 Å². The predicted octanol–water partition coefficient (Wildman–Crippen LogP) is 2.40. The molecule has 1 aromatic heterocycles. The van der Waals surface area contributed by atoms with E-state index in [-0.39, 0.29) is 0 Å². The van der Waals surface area contributed by atoms with Crippen LogP contribution in [-0.2, 0) is 6.42 Å². The van der Waals surface area contributed by atoms with Gasteiger partial charge in [-0.3, -0.25) is 0 Å². The first-order valence-electron chi connectivity index (χ1n) is 5.38. The van der Waals surface area contributed by atoms with Crippen molar-refractivity contribution in [2.24, 2.45) is 5.73 Å². The summed E-state index contributed by atoms with van der Waals surface area (Å²) in [5.74, 6) is 0.808. The molecule has 0 amide bonds. The molecule has 2 rings (SSSR count). The monoisotopic (exact) mass is 249 g/mol. The maximum Gasteiger partial charge on any atom is 0.187 e. The number of rotatable bonds is 5. The zero-order valence-corrected chi connectivity index (χ0v) is 10.5. The number of hydrogen-bond acceptors (Lipinski definition) is 5. The number of anilines is 2. The van der Waals surface area contributed by atoms with Crippen molar-refractivity contribution in [1.29, 1.82) is 0 Å². The fourth-order valence-corrected chi connectivity index (χ4v) is 2.25. The van der Waals surface area contributed by atoms with Crippen LogP contribution in [0.25, 0.3) is 0 Å². The van der Waals surface area contributed by atoms with Gasteiger partial charge in [0.25, 0.3) is 0 Å². The topological polar surface area (TPSA) is 60.2 Å². The van der Waals surface area contributed by atoms with E-state index in [1.165, 1.54) is 0 Å². The minimum atomic E-state index is 0.623. The Balaban J connectivity index is 2.13. The number of aromatic nitrogens is 1. The highest BCUT2D eigenvalue weighted by Gasteiger charge is 2.05. The smallest absolute Gasteiger partial charge is 0.187 e. The molecule has 0 saturated heterocycles. The molecular weight excluding hydrogens is 234 g/mol. The van der Waals surface area contributed by atoms with Crippen LogP contribution in [0.4, 0.5) is 10.8 Å². The van der Waals surface area contributed by atoms with Crippen molar-refractivity contribution in [2.45, 2.75) is 6.42 Å². The maximum atomic E-state index is 5.49. The first-order chi connectivity index (χ1) is 8.33. The molecule has 4 nitrogen and oxygen atoms in total. The lowest BCUT2D eigenvalue weighted by atomic mass is 10.3. The largest absolute Gasteiger partial charge is 0.495 e. The van der Waals surface area contributed by atoms with E-state index in [1.807, 2.05) is 29.6 Å². The molecule has 1 heterocycles. The van der Waals surface area contributed by atoms with E-state index in [4.69, 9.17) is 10.5 Å². The van der Waals surface area contributed by atoms with Gasteiger partial charge in [0.15, 0.2) is 5.13 Å². The molecule has 0 spiro atoms. The van der Waals surface area contributed by atoms with E-state index >= 15 is 0 Å². The molecular formula is C12H15N3OS. The Hall–Kier alpha value is -1.59. The lowest BCUT2D eigenvalue weighted by Gasteiger charge is -2.07. The van der Waals surface area contributed by atoms with Crippen molar-refractivity contribution in [2.75, 3.05) is 19.0 Å².